The molecule has 2 atom stereocenters. The molecule has 0 radical (unpaired) electrons. The number of para-hydroxylation sites is 1. The normalized spacial score (nSPS) is 20.7. The molecule has 0 bridgehead atoms. The maximum atomic E-state index is 13.4. The van der Waals surface area contributed by atoms with Crippen LogP contribution in [0.1, 0.15) is 63.4 Å². The molecule has 1 aliphatic carbocycles. The first kappa shape index (κ1) is 28.0. The summed E-state index contributed by atoms with van der Waals surface area (Å²) in [6.07, 6.45) is 8.26. The Hall–Kier alpha value is -2.51. The highest BCUT2D eigenvalue weighted by Crippen LogP contribution is 2.46. The van der Waals surface area contributed by atoms with Gasteiger partial charge in [-0.2, -0.15) is 0 Å². The molecular weight excluding hydrogens is 512 g/mol. The van der Waals surface area contributed by atoms with Gasteiger partial charge in [0.05, 0.1) is 11.1 Å². The summed E-state index contributed by atoms with van der Waals surface area (Å²) < 4.78 is 5.29. The quantitative estimate of drug-likeness (QED) is 0.314. The van der Waals surface area contributed by atoms with E-state index in [2.05, 4.69) is 11.1 Å². The zero-order chi connectivity index (χ0) is 27.5. The number of pyridine rings is 1. The number of benzene rings is 2. The van der Waals surface area contributed by atoms with Crippen LogP contribution in [0.2, 0.25) is 5.02 Å². The zero-order valence-corrected chi connectivity index (χ0v) is 23.5. The van der Waals surface area contributed by atoms with Crippen LogP contribution < -0.4 is 0 Å². The second-order valence-corrected chi connectivity index (χ2v) is 11.7. The monoisotopic (exact) mass is 550 g/mol. The summed E-state index contributed by atoms with van der Waals surface area (Å²) in [5.74, 6) is -0.384. The Morgan fingerprint density at radius 3 is 2.74 bits per heavy atom. The fourth-order valence-electron chi connectivity index (χ4n) is 6.61. The van der Waals surface area contributed by atoms with E-state index >= 15 is 0 Å². The number of likely N-dealkylation sites (tertiary alicyclic amines) is 1. The van der Waals surface area contributed by atoms with Crippen molar-refractivity contribution in [2.45, 2.75) is 69.0 Å². The molecule has 2 N–H and O–H groups in total. The number of unbranched alkanes of at least 4 members (excludes halogenated alkanes) is 1. The first-order valence-corrected chi connectivity index (χ1v) is 14.6. The Morgan fingerprint density at radius 2 is 1.95 bits per heavy atom. The summed E-state index contributed by atoms with van der Waals surface area (Å²) in [6, 6.07) is 15.7. The average Bonchev–Trinajstić information content (AvgIpc) is 3.42. The molecule has 208 valence electrons. The van der Waals surface area contributed by atoms with E-state index in [1.807, 2.05) is 48.7 Å². The van der Waals surface area contributed by atoms with Gasteiger partial charge in [0.25, 0.3) is 5.91 Å². The van der Waals surface area contributed by atoms with Gasteiger partial charge in [-0.05, 0) is 81.5 Å². The number of halogens is 1. The van der Waals surface area contributed by atoms with Crippen molar-refractivity contribution < 1.29 is 19.7 Å². The molecule has 2 heterocycles. The van der Waals surface area contributed by atoms with Crippen LogP contribution >= 0.6 is 11.6 Å². The SMILES string of the molecule is COCCCC[C@](O)(c1cccc(Cl)c1-c1cnc2ccccc2c1)C1CCCN(C(=O)C2(O)CCCC2)C1. The molecule has 1 aromatic heterocycles. The van der Waals surface area contributed by atoms with Gasteiger partial charge in [0, 0.05) is 60.5 Å². The Kier molecular flexibility index (Phi) is 8.57. The number of amides is 1. The minimum absolute atomic E-state index is 0.184. The van der Waals surface area contributed by atoms with Gasteiger partial charge < -0.3 is 19.8 Å². The number of piperidine rings is 1. The largest absolute Gasteiger partial charge is 0.385 e. The molecule has 2 aliphatic rings. The lowest BCUT2D eigenvalue weighted by Crippen LogP contribution is -2.54. The molecule has 1 aliphatic heterocycles. The maximum absolute atomic E-state index is 13.4. The number of hydrogen-bond donors (Lipinski definition) is 2. The number of carbonyl (C=O) groups is 1. The van der Waals surface area contributed by atoms with Gasteiger partial charge in [0.15, 0.2) is 0 Å². The second kappa shape index (κ2) is 11.9. The summed E-state index contributed by atoms with van der Waals surface area (Å²) in [5, 5.41) is 25.3. The molecule has 1 amide bonds. The molecule has 7 heteroatoms. The van der Waals surface area contributed by atoms with Crippen molar-refractivity contribution in [3.8, 4) is 11.1 Å². The van der Waals surface area contributed by atoms with E-state index in [1.54, 1.807) is 12.0 Å². The van der Waals surface area contributed by atoms with Crippen LogP contribution in [0, 0.1) is 5.92 Å². The van der Waals surface area contributed by atoms with Crippen LogP contribution in [-0.2, 0) is 15.1 Å². The van der Waals surface area contributed by atoms with Crippen molar-refractivity contribution in [2.75, 3.05) is 26.8 Å². The molecule has 5 rings (SSSR count). The third-order valence-electron chi connectivity index (χ3n) is 8.73. The van der Waals surface area contributed by atoms with Crippen LogP contribution in [0.5, 0.6) is 0 Å². The highest BCUT2D eigenvalue weighted by atomic mass is 35.5. The number of ether oxygens (including phenoxy) is 1. The molecule has 39 heavy (non-hydrogen) atoms. The number of aromatic nitrogens is 1. The third kappa shape index (κ3) is 5.71. The molecule has 3 aromatic rings. The number of carbonyl (C=O) groups excluding carboxylic acids is 1. The Labute approximate surface area is 236 Å². The summed E-state index contributed by atoms with van der Waals surface area (Å²) >= 11 is 6.87. The fraction of sp³-hybridized carbons (Fsp3) is 0.500. The predicted octanol–water partition coefficient (Wildman–Crippen LogP) is 6.10. The molecule has 1 unspecified atom stereocenters. The van der Waals surface area contributed by atoms with Gasteiger partial charge >= 0.3 is 0 Å². The molecular formula is C32H39ClN2O4. The van der Waals surface area contributed by atoms with E-state index < -0.39 is 11.2 Å². The topological polar surface area (TPSA) is 82.9 Å². The molecule has 2 aromatic carbocycles. The lowest BCUT2D eigenvalue weighted by atomic mass is 9.72. The van der Waals surface area contributed by atoms with Crippen LogP contribution in [0.25, 0.3) is 22.0 Å². The van der Waals surface area contributed by atoms with Crippen molar-refractivity contribution in [1.29, 1.82) is 0 Å². The number of aliphatic hydroxyl groups is 2. The summed E-state index contributed by atoms with van der Waals surface area (Å²) in [6.45, 7) is 1.63. The van der Waals surface area contributed by atoms with Crippen LogP contribution in [0.3, 0.4) is 0 Å². The van der Waals surface area contributed by atoms with Crippen molar-refractivity contribution in [1.82, 2.24) is 9.88 Å². The highest BCUT2D eigenvalue weighted by Gasteiger charge is 2.47. The number of fused-ring (bicyclic) bond motifs is 1. The van der Waals surface area contributed by atoms with Gasteiger partial charge in [0.2, 0.25) is 0 Å². The number of methoxy groups -OCH3 is 1. The lowest BCUT2D eigenvalue weighted by molar-refractivity contribution is -0.155. The highest BCUT2D eigenvalue weighted by molar-refractivity contribution is 6.33. The van der Waals surface area contributed by atoms with E-state index in [-0.39, 0.29) is 11.8 Å². The van der Waals surface area contributed by atoms with Gasteiger partial charge in [-0.25, -0.2) is 0 Å². The maximum Gasteiger partial charge on any atom is 0.254 e. The van der Waals surface area contributed by atoms with E-state index in [0.717, 1.165) is 66.1 Å². The van der Waals surface area contributed by atoms with E-state index in [4.69, 9.17) is 16.3 Å². The van der Waals surface area contributed by atoms with Gasteiger partial charge in [-0.15, -0.1) is 0 Å². The molecule has 1 saturated carbocycles. The smallest absolute Gasteiger partial charge is 0.254 e. The fourth-order valence-corrected chi connectivity index (χ4v) is 6.89. The molecule has 6 nitrogen and oxygen atoms in total. The first-order valence-electron chi connectivity index (χ1n) is 14.2. The molecule has 1 saturated heterocycles. The van der Waals surface area contributed by atoms with Crippen molar-refractivity contribution in [3.05, 3.63) is 65.3 Å². The zero-order valence-electron chi connectivity index (χ0n) is 22.7. The molecule has 0 spiro atoms. The molecule has 2 fully saturated rings. The van der Waals surface area contributed by atoms with Crippen LogP contribution in [-0.4, -0.2) is 58.4 Å². The Balaban J connectivity index is 1.54. The minimum Gasteiger partial charge on any atom is -0.385 e. The van der Waals surface area contributed by atoms with E-state index in [0.29, 0.717) is 44.0 Å². The van der Waals surface area contributed by atoms with E-state index in [9.17, 15) is 15.0 Å². The number of rotatable bonds is 9. The lowest BCUT2D eigenvalue weighted by Gasteiger charge is -2.45. The predicted molar refractivity (Wildman–Crippen MR) is 155 cm³/mol. The Bertz CT molecular complexity index is 1310. The number of nitrogens with zero attached hydrogens (tertiary/aromatic N) is 2. The average molecular weight is 551 g/mol. The van der Waals surface area contributed by atoms with E-state index in [1.165, 1.54) is 0 Å². The Morgan fingerprint density at radius 1 is 1.15 bits per heavy atom. The summed E-state index contributed by atoms with van der Waals surface area (Å²) in [4.78, 5) is 19.9. The standard InChI is InChI=1S/C32H39ClN2O4/c1-39-19-7-6-17-32(38,25-11-9-18-35(22-25)30(36)31(37)15-4-5-16-31)26-12-8-13-27(33)29(26)24-20-23-10-2-3-14-28(23)34-21-24/h2-3,8,10,12-14,20-21,25,37-38H,4-7,9,11,15-19,22H2,1H3/t25?,32-/m1/s1. The van der Waals surface area contributed by atoms with Crippen molar-refractivity contribution >= 4 is 28.4 Å². The van der Waals surface area contributed by atoms with Crippen molar-refractivity contribution in [3.63, 3.8) is 0 Å². The van der Waals surface area contributed by atoms with Gasteiger partial charge in [-0.1, -0.05) is 41.9 Å². The van der Waals surface area contributed by atoms with Gasteiger partial charge in [-0.3, -0.25) is 9.78 Å². The van der Waals surface area contributed by atoms with Crippen LogP contribution in [0.4, 0.5) is 0 Å². The van der Waals surface area contributed by atoms with Gasteiger partial charge in [0.1, 0.15) is 5.60 Å². The number of hydrogen-bond acceptors (Lipinski definition) is 5. The third-order valence-corrected chi connectivity index (χ3v) is 9.04. The summed E-state index contributed by atoms with van der Waals surface area (Å²) in [7, 11) is 1.69. The van der Waals surface area contributed by atoms with Crippen molar-refractivity contribution in [2.24, 2.45) is 5.92 Å². The second-order valence-electron chi connectivity index (χ2n) is 11.3. The minimum atomic E-state index is -1.27. The first-order chi connectivity index (χ1) is 18.9. The van der Waals surface area contributed by atoms with Crippen LogP contribution in [0.15, 0.2) is 54.7 Å². The summed E-state index contributed by atoms with van der Waals surface area (Å²) in [5.41, 5.74) is 0.810.